The van der Waals surface area contributed by atoms with Crippen LogP contribution in [0.5, 0.6) is 0 Å². The Hall–Kier alpha value is -1.31. The van der Waals surface area contributed by atoms with E-state index < -0.39 is 32.8 Å². The number of halogens is 2. The smallest absolute Gasteiger partial charge is 0.335 e. The van der Waals surface area contributed by atoms with Crippen LogP contribution in [-0.4, -0.2) is 44.0 Å². The van der Waals surface area contributed by atoms with Gasteiger partial charge in [-0.1, -0.05) is 35.3 Å². The highest BCUT2D eigenvalue weighted by Crippen LogP contribution is 2.33. The summed E-state index contributed by atoms with van der Waals surface area (Å²) in [5, 5.41) is 0. The van der Waals surface area contributed by atoms with E-state index in [1.54, 1.807) is 19.1 Å². The fourth-order valence-corrected chi connectivity index (χ4v) is 2.94. The van der Waals surface area contributed by atoms with Gasteiger partial charge in [-0.2, -0.15) is 0 Å². The Kier molecular flexibility index (Phi) is 5.54. The third kappa shape index (κ3) is 4.16. The Bertz CT molecular complexity index is 715. The number of benzene rings is 1. The molecule has 0 amide bonds. The van der Waals surface area contributed by atoms with Gasteiger partial charge in [0.2, 0.25) is 5.90 Å². The van der Waals surface area contributed by atoms with Gasteiger partial charge >= 0.3 is 5.97 Å². The molecule has 0 saturated heterocycles. The van der Waals surface area contributed by atoms with Crippen LogP contribution in [0.3, 0.4) is 0 Å². The molecule has 1 aliphatic heterocycles. The molecule has 0 spiro atoms. The molecule has 9 heteroatoms. The lowest BCUT2D eigenvalue weighted by Gasteiger charge is -2.17. The quantitative estimate of drug-likeness (QED) is 0.578. The van der Waals surface area contributed by atoms with Gasteiger partial charge in [-0.25, -0.2) is 18.2 Å². The first-order valence-corrected chi connectivity index (χ1v) is 9.49. The van der Waals surface area contributed by atoms with E-state index in [1.807, 2.05) is 0 Å². The molecule has 0 bridgehead atoms. The monoisotopic (exact) mass is 379 g/mol. The number of ether oxygens (including phenoxy) is 2. The summed E-state index contributed by atoms with van der Waals surface area (Å²) in [6.07, 6.45) is 0.347. The zero-order valence-corrected chi connectivity index (χ0v) is 14.7. The number of rotatable bonds is 5. The van der Waals surface area contributed by atoms with Crippen LogP contribution in [0.15, 0.2) is 34.2 Å². The van der Waals surface area contributed by atoms with Gasteiger partial charge < -0.3 is 9.47 Å². The van der Waals surface area contributed by atoms with E-state index in [0.29, 0.717) is 5.56 Å². The van der Waals surface area contributed by atoms with Gasteiger partial charge in [-0.05, 0) is 24.6 Å². The molecule has 126 valence electrons. The molecular formula is C14H15Cl2NO5S. The van der Waals surface area contributed by atoms with E-state index in [0.717, 1.165) is 6.26 Å². The van der Waals surface area contributed by atoms with E-state index in [9.17, 15) is 13.2 Å². The molecule has 6 nitrogen and oxygen atoms in total. The van der Waals surface area contributed by atoms with Crippen molar-refractivity contribution in [1.82, 2.24) is 0 Å². The van der Waals surface area contributed by atoms with Crippen LogP contribution in [0, 0.1) is 0 Å². The standard InChI is InChI=1S/C14H15Cl2NO5S/c1-3-21-14(18)10-11(22-13(17-10)12(15)16)8-4-6-9(7-5-8)23(2,19)20/h4-7,10-12H,3H2,1-2H3/t10-,11?/m0/s1. The molecule has 0 aromatic heterocycles. The average molecular weight is 380 g/mol. The van der Waals surface area contributed by atoms with Crippen molar-refractivity contribution in [3.8, 4) is 0 Å². The number of aliphatic imine (C=N–C) groups is 1. The van der Waals surface area contributed by atoms with Crippen LogP contribution < -0.4 is 0 Å². The zero-order valence-electron chi connectivity index (χ0n) is 12.4. The third-order valence-electron chi connectivity index (χ3n) is 3.15. The second-order valence-electron chi connectivity index (χ2n) is 4.84. The highest BCUT2D eigenvalue weighted by molar-refractivity contribution is 7.90. The van der Waals surface area contributed by atoms with E-state index in [4.69, 9.17) is 32.7 Å². The molecule has 23 heavy (non-hydrogen) atoms. The highest BCUT2D eigenvalue weighted by atomic mass is 35.5. The van der Waals surface area contributed by atoms with Crippen molar-refractivity contribution in [2.75, 3.05) is 12.9 Å². The number of carbonyl (C=O) groups is 1. The van der Waals surface area contributed by atoms with Crippen LogP contribution in [0.2, 0.25) is 0 Å². The molecule has 0 fully saturated rings. The van der Waals surface area contributed by atoms with Crippen molar-refractivity contribution in [2.24, 2.45) is 4.99 Å². The van der Waals surface area contributed by atoms with Crippen molar-refractivity contribution < 1.29 is 22.7 Å². The number of sulfone groups is 1. The lowest BCUT2D eigenvalue weighted by atomic mass is 10.0. The van der Waals surface area contributed by atoms with Crippen LogP contribution in [0.4, 0.5) is 0 Å². The maximum absolute atomic E-state index is 12.0. The topological polar surface area (TPSA) is 82.0 Å². The Morgan fingerprint density at radius 3 is 2.43 bits per heavy atom. The van der Waals surface area contributed by atoms with Crippen LogP contribution in [-0.2, 0) is 24.1 Å². The Balaban J connectivity index is 2.31. The molecule has 0 saturated carbocycles. The van der Waals surface area contributed by atoms with Crippen molar-refractivity contribution in [2.45, 2.75) is 28.8 Å². The summed E-state index contributed by atoms with van der Waals surface area (Å²) in [5.41, 5.74) is 0.572. The molecule has 0 radical (unpaired) electrons. The summed E-state index contributed by atoms with van der Waals surface area (Å²) in [6.45, 7) is 1.88. The first kappa shape index (κ1) is 18.0. The minimum Gasteiger partial charge on any atom is -0.468 e. The number of nitrogens with zero attached hydrogens (tertiary/aromatic N) is 1. The molecule has 1 aromatic rings. The van der Waals surface area contributed by atoms with Crippen LogP contribution in [0.1, 0.15) is 18.6 Å². The first-order chi connectivity index (χ1) is 10.7. The van der Waals surface area contributed by atoms with Gasteiger partial charge in [0, 0.05) is 6.26 Å². The predicted molar refractivity (Wildman–Crippen MR) is 86.7 cm³/mol. The average Bonchev–Trinajstić information content (AvgIpc) is 2.92. The minimum atomic E-state index is -3.31. The van der Waals surface area contributed by atoms with Gasteiger partial charge in [0.15, 0.2) is 26.8 Å². The number of esters is 1. The van der Waals surface area contributed by atoms with Gasteiger partial charge in [0.25, 0.3) is 0 Å². The van der Waals surface area contributed by atoms with Crippen molar-refractivity contribution in [3.05, 3.63) is 29.8 Å². The Morgan fingerprint density at radius 1 is 1.35 bits per heavy atom. The Morgan fingerprint density at radius 2 is 1.96 bits per heavy atom. The summed E-state index contributed by atoms with van der Waals surface area (Å²) in [7, 11) is -3.31. The van der Waals surface area contributed by atoms with Gasteiger partial charge in [-0.3, -0.25) is 0 Å². The normalized spacial score (nSPS) is 21.0. The maximum atomic E-state index is 12.0. The summed E-state index contributed by atoms with van der Waals surface area (Å²) >= 11 is 11.5. The Labute approximate surface area is 144 Å². The lowest BCUT2D eigenvalue weighted by molar-refractivity contribution is -0.146. The molecule has 2 atom stereocenters. The van der Waals surface area contributed by atoms with E-state index in [2.05, 4.69) is 4.99 Å². The third-order valence-corrected chi connectivity index (χ3v) is 4.65. The van der Waals surface area contributed by atoms with Crippen molar-refractivity contribution >= 4 is 44.9 Å². The number of alkyl halides is 2. The van der Waals surface area contributed by atoms with Crippen LogP contribution in [0.25, 0.3) is 0 Å². The molecule has 0 aliphatic carbocycles. The first-order valence-electron chi connectivity index (χ1n) is 6.73. The molecular weight excluding hydrogens is 365 g/mol. The number of hydrogen-bond acceptors (Lipinski definition) is 6. The summed E-state index contributed by atoms with van der Waals surface area (Å²) < 4.78 is 33.5. The van der Waals surface area contributed by atoms with E-state index >= 15 is 0 Å². The minimum absolute atomic E-state index is 0.0311. The van der Waals surface area contributed by atoms with E-state index in [-0.39, 0.29) is 17.4 Å². The van der Waals surface area contributed by atoms with Crippen molar-refractivity contribution in [1.29, 1.82) is 0 Å². The zero-order chi connectivity index (χ0) is 17.2. The molecule has 1 unspecified atom stereocenters. The molecule has 1 aromatic carbocycles. The van der Waals surface area contributed by atoms with Gasteiger partial charge in [0.1, 0.15) is 0 Å². The van der Waals surface area contributed by atoms with Gasteiger partial charge in [-0.15, -0.1) is 0 Å². The summed E-state index contributed by atoms with van der Waals surface area (Å²) in [6, 6.07) is 5.06. The largest absolute Gasteiger partial charge is 0.468 e. The lowest BCUT2D eigenvalue weighted by Crippen LogP contribution is -2.26. The summed E-state index contributed by atoms with van der Waals surface area (Å²) in [5.74, 6) is -0.530. The number of carbonyl (C=O) groups excluding carboxylic acids is 1. The second kappa shape index (κ2) is 7.07. The molecule has 0 N–H and O–H groups in total. The fraction of sp³-hybridized carbons (Fsp3) is 0.429. The second-order valence-corrected chi connectivity index (χ2v) is 7.96. The molecule has 1 heterocycles. The molecule has 1 aliphatic rings. The van der Waals surface area contributed by atoms with Crippen LogP contribution >= 0.6 is 23.2 Å². The highest BCUT2D eigenvalue weighted by Gasteiger charge is 2.40. The van der Waals surface area contributed by atoms with Crippen molar-refractivity contribution in [3.63, 3.8) is 0 Å². The predicted octanol–water partition coefficient (Wildman–Crippen LogP) is 2.30. The fourth-order valence-electron chi connectivity index (χ4n) is 2.10. The van der Waals surface area contributed by atoms with Gasteiger partial charge in [0.05, 0.1) is 11.5 Å². The molecule has 2 rings (SSSR count). The summed E-state index contributed by atoms with van der Waals surface area (Å²) in [4.78, 5) is 15.3. The number of hydrogen-bond donors (Lipinski definition) is 0. The maximum Gasteiger partial charge on any atom is 0.335 e. The SMILES string of the molecule is CCOC(=O)[C@H]1N=C(C(Cl)Cl)OC1c1ccc(S(C)(=O)=O)cc1. The van der Waals surface area contributed by atoms with E-state index in [1.165, 1.54) is 12.1 Å².